The minimum Gasteiger partial charge on any atom is -0.368 e. The highest BCUT2D eigenvalue weighted by Gasteiger charge is 2.22. The molecule has 128 valence electrons. The lowest BCUT2D eigenvalue weighted by molar-refractivity contribution is 0.410. The van der Waals surface area contributed by atoms with Gasteiger partial charge in [0.05, 0.1) is 17.3 Å². The first-order valence-electron chi connectivity index (χ1n) is 8.12. The third-order valence-corrected chi connectivity index (χ3v) is 4.43. The molecule has 2 aromatic rings. The molecule has 7 heteroatoms. The van der Waals surface area contributed by atoms with Crippen LogP contribution in [0.3, 0.4) is 0 Å². The van der Waals surface area contributed by atoms with Crippen molar-refractivity contribution in [1.82, 2.24) is 15.8 Å². The summed E-state index contributed by atoms with van der Waals surface area (Å²) in [6.07, 6.45) is 3.78. The fraction of sp³-hybridized carbons (Fsp3) is 0.412. The molecule has 1 aromatic carbocycles. The Bertz CT molecular complexity index is 673. The highest BCUT2D eigenvalue weighted by atomic mass is 35.5. The second kappa shape index (κ2) is 8.06. The third-order valence-electron chi connectivity index (χ3n) is 4.11. The van der Waals surface area contributed by atoms with Crippen molar-refractivity contribution in [3.63, 3.8) is 0 Å². The van der Waals surface area contributed by atoms with Gasteiger partial charge in [-0.15, -0.1) is 0 Å². The van der Waals surface area contributed by atoms with Crippen molar-refractivity contribution in [1.29, 1.82) is 0 Å². The number of aromatic nitrogens is 1. The van der Waals surface area contributed by atoms with Gasteiger partial charge in [-0.05, 0) is 25.0 Å². The Hall–Kier alpha value is -2.21. The van der Waals surface area contributed by atoms with Crippen molar-refractivity contribution in [2.75, 3.05) is 25.0 Å². The standard InChI is InChI=1S/C17H22ClN5O/c1-19-17(20-11-13-8-10-24-22-13)21-14-5-4-9-23(12-14)16-7-3-2-6-15(16)18/h2-3,6-8,10,14H,4-5,9,11-12H2,1H3,(H2,19,20,21)/t14-/m0/s1. The molecular formula is C17H22ClN5O. The van der Waals surface area contributed by atoms with E-state index >= 15 is 0 Å². The molecule has 24 heavy (non-hydrogen) atoms. The van der Waals surface area contributed by atoms with Crippen LogP contribution in [-0.4, -0.2) is 37.3 Å². The van der Waals surface area contributed by atoms with E-state index in [0.717, 1.165) is 48.3 Å². The smallest absolute Gasteiger partial charge is 0.191 e. The minimum absolute atomic E-state index is 0.318. The molecule has 6 nitrogen and oxygen atoms in total. The summed E-state index contributed by atoms with van der Waals surface area (Å²) in [4.78, 5) is 6.62. The van der Waals surface area contributed by atoms with Crippen LogP contribution in [0.5, 0.6) is 0 Å². The Kier molecular flexibility index (Phi) is 5.59. The Morgan fingerprint density at radius 3 is 3.04 bits per heavy atom. The predicted molar refractivity (Wildman–Crippen MR) is 96.5 cm³/mol. The van der Waals surface area contributed by atoms with Crippen LogP contribution >= 0.6 is 11.6 Å². The van der Waals surface area contributed by atoms with Crippen molar-refractivity contribution >= 4 is 23.2 Å². The van der Waals surface area contributed by atoms with Gasteiger partial charge in [0.25, 0.3) is 0 Å². The Labute approximate surface area is 146 Å². The summed E-state index contributed by atoms with van der Waals surface area (Å²) in [5, 5.41) is 11.4. The summed E-state index contributed by atoms with van der Waals surface area (Å²) in [5.74, 6) is 0.768. The molecule has 1 aliphatic heterocycles. The van der Waals surface area contributed by atoms with Gasteiger partial charge in [0.2, 0.25) is 0 Å². The van der Waals surface area contributed by atoms with Crippen LogP contribution < -0.4 is 15.5 Å². The highest BCUT2D eigenvalue weighted by Crippen LogP contribution is 2.27. The van der Waals surface area contributed by atoms with E-state index in [1.54, 1.807) is 13.3 Å². The first-order valence-corrected chi connectivity index (χ1v) is 8.50. The summed E-state index contributed by atoms with van der Waals surface area (Å²) in [7, 11) is 1.77. The number of para-hydroxylation sites is 1. The third kappa shape index (κ3) is 4.20. The molecule has 0 bridgehead atoms. The van der Waals surface area contributed by atoms with Crippen molar-refractivity contribution in [2.24, 2.45) is 4.99 Å². The van der Waals surface area contributed by atoms with E-state index in [4.69, 9.17) is 16.1 Å². The first kappa shape index (κ1) is 16.6. The largest absolute Gasteiger partial charge is 0.368 e. The number of halogens is 1. The number of benzene rings is 1. The average Bonchev–Trinajstić information content (AvgIpc) is 3.13. The van der Waals surface area contributed by atoms with Crippen LogP contribution in [-0.2, 0) is 6.54 Å². The second-order valence-electron chi connectivity index (χ2n) is 5.80. The van der Waals surface area contributed by atoms with Gasteiger partial charge in [-0.3, -0.25) is 4.99 Å². The summed E-state index contributed by atoms with van der Waals surface area (Å²) < 4.78 is 4.84. The molecule has 1 fully saturated rings. The molecule has 1 aromatic heterocycles. The second-order valence-corrected chi connectivity index (χ2v) is 6.20. The van der Waals surface area contributed by atoms with E-state index < -0.39 is 0 Å². The number of hydrogen-bond acceptors (Lipinski definition) is 4. The summed E-state index contributed by atoms with van der Waals surface area (Å²) in [6.45, 7) is 2.50. The quantitative estimate of drug-likeness (QED) is 0.657. The molecule has 0 aliphatic carbocycles. The Morgan fingerprint density at radius 2 is 2.29 bits per heavy atom. The summed E-state index contributed by atoms with van der Waals surface area (Å²) >= 11 is 6.33. The van der Waals surface area contributed by atoms with Gasteiger partial charge >= 0.3 is 0 Å². The molecule has 3 rings (SSSR count). The van der Waals surface area contributed by atoms with E-state index in [1.165, 1.54) is 0 Å². The van der Waals surface area contributed by atoms with Crippen molar-refractivity contribution in [2.45, 2.75) is 25.4 Å². The van der Waals surface area contributed by atoms with Crippen LogP contribution in [0.25, 0.3) is 0 Å². The van der Waals surface area contributed by atoms with E-state index in [-0.39, 0.29) is 0 Å². The average molecular weight is 348 g/mol. The molecule has 2 N–H and O–H groups in total. The molecular weight excluding hydrogens is 326 g/mol. The fourth-order valence-electron chi connectivity index (χ4n) is 2.91. The number of aliphatic imine (C=N–C) groups is 1. The number of hydrogen-bond donors (Lipinski definition) is 2. The van der Waals surface area contributed by atoms with Crippen molar-refractivity contribution in [3.05, 3.63) is 47.3 Å². The number of anilines is 1. The van der Waals surface area contributed by atoms with E-state index in [1.807, 2.05) is 24.3 Å². The Morgan fingerprint density at radius 1 is 1.42 bits per heavy atom. The number of piperidine rings is 1. The van der Waals surface area contributed by atoms with Crippen LogP contribution in [0, 0.1) is 0 Å². The molecule has 0 amide bonds. The molecule has 0 unspecified atom stereocenters. The van der Waals surface area contributed by atoms with Gasteiger partial charge in [0, 0.05) is 32.2 Å². The minimum atomic E-state index is 0.318. The van der Waals surface area contributed by atoms with Gasteiger partial charge < -0.3 is 20.1 Å². The lowest BCUT2D eigenvalue weighted by Crippen LogP contribution is -2.51. The number of nitrogens with one attached hydrogen (secondary N) is 2. The zero-order chi connectivity index (χ0) is 16.8. The van der Waals surface area contributed by atoms with Crippen LogP contribution in [0.15, 0.2) is 46.1 Å². The van der Waals surface area contributed by atoms with Gasteiger partial charge in [0.1, 0.15) is 12.0 Å². The van der Waals surface area contributed by atoms with Gasteiger partial charge in [-0.2, -0.15) is 0 Å². The summed E-state index contributed by atoms with van der Waals surface area (Å²) in [6, 6.07) is 10.1. The molecule has 0 saturated carbocycles. The number of guanidine groups is 1. The lowest BCUT2D eigenvalue weighted by atomic mass is 10.0. The number of rotatable bonds is 4. The SMILES string of the molecule is CN=C(NCc1ccon1)N[C@H]1CCCN(c2ccccc2Cl)C1. The molecule has 1 saturated heterocycles. The molecule has 1 aliphatic rings. The van der Waals surface area contributed by atoms with Crippen LogP contribution in [0.1, 0.15) is 18.5 Å². The van der Waals surface area contributed by atoms with Crippen LogP contribution in [0.4, 0.5) is 5.69 Å². The maximum atomic E-state index is 6.33. The van der Waals surface area contributed by atoms with Crippen LogP contribution in [0.2, 0.25) is 5.02 Å². The lowest BCUT2D eigenvalue weighted by Gasteiger charge is -2.35. The Balaban J connectivity index is 1.57. The summed E-state index contributed by atoms with van der Waals surface area (Å²) in [5.41, 5.74) is 1.94. The zero-order valence-electron chi connectivity index (χ0n) is 13.7. The molecule has 1 atom stereocenters. The number of nitrogens with zero attached hydrogens (tertiary/aromatic N) is 3. The van der Waals surface area contributed by atoms with Gasteiger partial charge in [-0.1, -0.05) is 28.9 Å². The highest BCUT2D eigenvalue weighted by molar-refractivity contribution is 6.33. The van der Waals surface area contributed by atoms with E-state index in [9.17, 15) is 0 Å². The monoisotopic (exact) mass is 347 g/mol. The maximum absolute atomic E-state index is 6.33. The normalized spacial score (nSPS) is 18.5. The molecule has 0 spiro atoms. The zero-order valence-corrected chi connectivity index (χ0v) is 14.5. The fourth-order valence-corrected chi connectivity index (χ4v) is 3.17. The predicted octanol–water partition coefficient (Wildman–Crippen LogP) is 2.66. The van der Waals surface area contributed by atoms with E-state index in [0.29, 0.717) is 12.6 Å². The topological polar surface area (TPSA) is 65.7 Å². The molecule has 0 radical (unpaired) electrons. The van der Waals surface area contributed by atoms with E-state index in [2.05, 4.69) is 31.7 Å². The molecule has 2 heterocycles. The first-order chi connectivity index (χ1) is 11.8. The van der Waals surface area contributed by atoms with Crippen molar-refractivity contribution in [3.8, 4) is 0 Å². The van der Waals surface area contributed by atoms with Gasteiger partial charge in [0.15, 0.2) is 5.96 Å². The van der Waals surface area contributed by atoms with Gasteiger partial charge in [-0.25, -0.2) is 0 Å². The maximum Gasteiger partial charge on any atom is 0.191 e. The van der Waals surface area contributed by atoms with Crippen molar-refractivity contribution < 1.29 is 4.52 Å².